The van der Waals surface area contributed by atoms with Gasteiger partial charge < -0.3 is 14.6 Å². The van der Waals surface area contributed by atoms with Gasteiger partial charge in [-0.2, -0.15) is 0 Å². The van der Waals surface area contributed by atoms with Crippen LogP contribution in [0.15, 0.2) is 48.7 Å². The molecule has 0 fully saturated rings. The van der Waals surface area contributed by atoms with Gasteiger partial charge in [0.1, 0.15) is 5.75 Å². The van der Waals surface area contributed by atoms with Gasteiger partial charge in [0.15, 0.2) is 11.4 Å². The molecular formula is C16H12N2O4. The molecule has 2 heterocycles. The Bertz CT molecular complexity index is 834. The molecule has 2 aromatic heterocycles. The Hall–Kier alpha value is -3.15. The number of ether oxygens (including phenoxy) is 2. The number of hydrogen-bond donors (Lipinski definition) is 1. The second-order valence-corrected chi connectivity index (χ2v) is 4.44. The first-order chi connectivity index (χ1) is 10.7. The van der Waals surface area contributed by atoms with E-state index in [4.69, 9.17) is 4.74 Å². The maximum atomic E-state index is 11.5. The van der Waals surface area contributed by atoms with Crippen LogP contribution in [-0.4, -0.2) is 28.2 Å². The maximum absolute atomic E-state index is 11.5. The third-order valence-electron chi connectivity index (χ3n) is 3.04. The number of hydrogen-bond acceptors (Lipinski definition) is 6. The fraction of sp³-hybridized carbons (Fsp3) is 0.0625. The number of benzene rings is 1. The molecule has 0 saturated carbocycles. The monoisotopic (exact) mass is 296 g/mol. The van der Waals surface area contributed by atoms with Gasteiger partial charge in [-0.1, -0.05) is 18.2 Å². The summed E-state index contributed by atoms with van der Waals surface area (Å²) in [6, 6.07) is 12.4. The number of aromatic nitrogens is 2. The quantitative estimate of drug-likeness (QED) is 0.748. The second kappa shape index (κ2) is 5.69. The zero-order valence-electron chi connectivity index (χ0n) is 11.7. The average Bonchev–Trinajstić information content (AvgIpc) is 2.55. The highest BCUT2D eigenvalue weighted by molar-refractivity contribution is 5.97. The van der Waals surface area contributed by atoms with Crippen LogP contribution in [-0.2, 0) is 4.74 Å². The summed E-state index contributed by atoms with van der Waals surface area (Å²) in [7, 11) is 1.22. The molecular weight excluding hydrogens is 284 g/mol. The van der Waals surface area contributed by atoms with Crippen LogP contribution in [0.5, 0.6) is 17.4 Å². The van der Waals surface area contributed by atoms with Crippen LogP contribution >= 0.6 is 0 Å². The van der Waals surface area contributed by atoms with Crippen LogP contribution in [0.2, 0.25) is 0 Å². The van der Waals surface area contributed by atoms with E-state index < -0.39 is 5.97 Å². The summed E-state index contributed by atoms with van der Waals surface area (Å²) in [6.07, 6.45) is 1.39. The average molecular weight is 296 g/mol. The molecule has 6 nitrogen and oxygen atoms in total. The lowest BCUT2D eigenvalue weighted by molar-refractivity contribution is 0.0591. The Balaban J connectivity index is 1.99. The minimum Gasteiger partial charge on any atom is -0.505 e. The van der Waals surface area contributed by atoms with Crippen LogP contribution in [0.25, 0.3) is 10.9 Å². The SMILES string of the molecule is COC(=O)c1ncc2nc(Oc3ccccc3)ccc2c1O. The molecule has 0 bridgehead atoms. The number of rotatable bonds is 3. The Morgan fingerprint density at radius 1 is 1.14 bits per heavy atom. The zero-order valence-corrected chi connectivity index (χ0v) is 11.7. The molecule has 0 unspecified atom stereocenters. The molecule has 1 N–H and O–H groups in total. The van der Waals surface area contributed by atoms with Crippen molar-refractivity contribution in [3.05, 3.63) is 54.4 Å². The predicted molar refractivity (Wildman–Crippen MR) is 79.1 cm³/mol. The Morgan fingerprint density at radius 2 is 1.91 bits per heavy atom. The predicted octanol–water partition coefficient (Wildman–Crippen LogP) is 2.91. The van der Waals surface area contributed by atoms with Gasteiger partial charge >= 0.3 is 5.97 Å². The summed E-state index contributed by atoms with van der Waals surface area (Å²) in [6.45, 7) is 0. The van der Waals surface area contributed by atoms with E-state index in [1.54, 1.807) is 12.1 Å². The van der Waals surface area contributed by atoms with Crippen molar-refractivity contribution >= 4 is 16.9 Å². The first kappa shape index (κ1) is 13.8. The number of nitrogens with zero attached hydrogens (tertiary/aromatic N) is 2. The lowest BCUT2D eigenvalue weighted by Crippen LogP contribution is -2.05. The van der Waals surface area contributed by atoms with E-state index in [2.05, 4.69) is 14.7 Å². The minimum absolute atomic E-state index is 0.145. The lowest BCUT2D eigenvalue weighted by Gasteiger charge is -2.08. The lowest BCUT2D eigenvalue weighted by atomic mass is 10.2. The van der Waals surface area contributed by atoms with Gasteiger partial charge in [0.2, 0.25) is 5.88 Å². The molecule has 3 rings (SSSR count). The van der Waals surface area contributed by atoms with Crippen LogP contribution in [0.3, 0.4) is 0 Å². The van der Waals surface area contributed by atoms with Gasteiger partial charge in [0, 0.05) is 11.5 Å². The molecule has 22 heavy (non-hydrogen) atoms. The van der Waals surface area contributed by atoms with Crippen LogP contribution in [0.4, 0.5) is 0 Å². The largest absolute Gasteiger partial charge is 0.505 e. The Labute approximate surface area is 126 Å². The van der Waals surface area contributed by atoms with Crippen molar-refractivity contribution < 1.29 is 19.4 Å². The number of para-hydroxylation sites is 1. The molecule has 3 aromatic rings. The van der Waals surface area contributed by atoms with E-state index in [1.807, 2.05) is 30.3 Å². The highest BCUT2D eigenvalue weighted by Gasteiger charge is 2.17. The Kier molecular flexibility index (Phi) is 3.57. The van der Waals surface area contributed by atoms with Gasteiger partial charge in [0.05, 0.1) is 18.8 Å². The highest BCUT2D eigenvalue weighted by atomic mass is 16.5. The van der Waals surface area contributed by atoms with Crippen LogP contribution in [0, 0.1) is 0 Å². The van der Waals surface area contributed by atoms with Crippen molar-refractivity contribution in [2.75, 3.05) is 7.11 Å². The van der Waals surface area contributed by atoms with Gasteiger partial charge in [-0.3, -0.25) is 0 Å². The fourth-order valence-corrected chi connectivity index (χ4v) is 1.98. The maximum Gasteiger partial charge on any atom is 0.360 e. The van der Waals surface area contributed by atoms with E-state index >= 15 is 0 Å². The van der Waals surface area contributed by atoms with Gasteiger partial charge in [-0.25, -0.2) is 14.8 Å². The number of carbonyl (C=O) groups is 1. The van der Waals surface area contributed by atoms with Crippen molar-refractivity contribution in [1.82, 2.24) is 9.97 Å². The number of methoxy groups -OCH3 is 1. The molecule has 6 heteroatoms. The van der Waals surface area contributed by atoms with Gasteiger partial charge in [-0.05, 0) is 18.2 Å². The van der Waals surface area contributed by atoms with E-state index in [-0.39, 0.29) is 11.4 Å². The van der Waals surface area contributed by atoms with Crippen molar-refractivity contribution in [2.24, 2.45) is 0 Å². The van der Waals surface area contributed by atoms with E-state index in [1.165, 1.54) is 13.3 Å². The van der Waals surface area contributed by atoms with Crippen molar-refractivity contribution in [3.8, 4) is 17.4 Å². The summed E-state index contributed by atoms with van der Waals surface area (Å²) in [5, 5.41) is 10.5. The molecule has 0 aliphatic carbocycles. The first-order valence-electron chi connectivity index (χ1n) is 6.49. The zero-order chi connectivity index (χ0) is 15.5. The third kappa shape index (κ3) is 2.54. The summed E-state index contributed by atoms with van der Waals surface area (Å²) in [5.74, 6) is 0.0514. The first-order valence-corrected chi connectivity index (χ1v) is 6.49. The van der Waals surface area contributed by atoms with E-state index in [9.17, 15) is 9.90 Å². The summed E-state index contributed by atoms with van der Waals surface area (Å²) in [5.41, 5.74) is 0.270. The molecule has 0 aliphatic rings. The highest BCUT2D eigenvalue weighted by Crippen LogP contribution is 2.29. The topological polar surface area (TPSA) is 81.5 Å². The van der Waals surface area contributed by atoms with Crippen molar-refractivity contribution in [2.45, 2.75) is 0 Å². The van der Waals surface area contributed by atoms with Gasteiger partial charge in [-0.15, -0.1) is 0 Å². The fourth-order valence-electron chi connectivity index (χ4n) is 1.98. The smallest absolute Gasteiger partial charge is 0.360 e. The van der Waals surface area contributed by atoms with E-state index in [0.717, 1.165) is 0 Å². The number of carbonyl (C=O) groups excluding carboxylic acids is 1. The number of esters is 1. The molecule has 0 spiro atoms. The summed E-state index contributed by atoms with van der Waals surface area (Å²) in [4.78, 5) is 19.6. The second-order valence-electron chi connectivity index (χ2n) is 4.44. The molecule has 1 aromatic carbocycles. The number of fused-ring (bicyclic) bond motifs is 1. The van der Waals surface area contributed by atoms with Crippen LogP contribution < -0.4 is 4.74 Å². The molecule has 0 amide bonds. The molecule has 0 aliphatic heterocycles. The minimum atomic E-state index is -0.705. The third-order valence-corrected chi connectivity index (χ3v) is 3.04. The molecule has 0 saturated heterocycles. The van der Waals surface area contributed by atoms with E-state index in [0.29, 0.717) is 22.5 Å². The molecule has 0 atom stereocenters. The van der Waals surface area contributed by atoms with Crippen molar-refractivity contribution in [3.63, 3.8) is 0 Å². The molecule has 0 radical (unpaired) electrons. The van der Waals surface area contributed by atoms with Gasteiger partial charge in [0.25, 0.3) is 0 Å². The number of pyridine rings is 2. The summed E-state index contributed by atoms with van der Waals surface area (Å²) < 4.78 is 10.2. The molecule has 110 valence electrons. The normalized spacial score (nSPS) is 10.4. The Morgan fingerprint density at radius 3 is 2.64 bits per heavy atom. The summed E-state index contributed by atoms with van der Waals surface area (Å²) >= 11 is 0. The van der Waals surface area contributed by atoms with Crippen molar-refractivity contribution in [1.29, 1.82) is 0 Å². The van der Waals surface area contributed by atoms with Crippen LogP contribution in [0.1, 0.15) is 10.5 Å². The number of aromatic hydroxyl groups is 1. The standard InChI is InChI=1S/C16H12N2O4/c1-21-16(20)14-15(19)11-7-8-13(18-12(11)9-17-14)22-10-5-3-2-4-6-10/h2-9,19H,1H3.